The Kier molecular flexibility index (Phi) is 3.70. The van der Waals surface area contributed by atoms with E-state index in [1.165, 1.54) is 0 Å². The van der Waals surface area contributed by atoms with Crippen LogP contribution in [0, 0.1) is 0 Å². The molecule has 0 spiro atoms. The maximum atomic E-state index is 12.1. The number of rotatable bonds is 2. The highest BCUT2D eigenvalue weighted by Crippen LogP contribution is 2.24. The molecule has 1 aromatic heterocycles. The van der Waals surface area contributed by atoms with E-state index >= 15 is 0 Å². The first-order valence-corrected chi connectivity index (χ1v) is 7.89. The van der Waals surface area contributed by atoms with E-state index in [1.807, 2.05) is 16.3 Å². The molecule has 0 bridgehead atoms. The Labute approximate surface area is 119 Å². The van der Waals surface area contributed by atoms with Gasteiger partial charge in [0, 0.05) is 50.7 Å². The standard InChI is InChI=1S/C12H16BrN3OS/c13-11-5-9(8-18-11)12(17)16-6-10(7-16)15-3-1-14-2-4-15/h5,8,10,14H,1-4,6-7H2. The van der Waals surface area contributed by atoms with Gasteiger partial charge in [-0.05, 0) is 22.0 Å². The molecule has 1 N–H and O–H groups in total. The number of thiophene rings is 1. The van der Waals surface area contributed by atoms with E-state index in [-0.39, 0.29) is 5.91 Å². The summed E-state index contributed by atoms with van der Waals surface area (Å²) in [4.78, 5) is 16.6. The lowest BCUT2D eigenvalue weighted by Crippen LogP contribution is -2.63. The third-order valence-corrected chi connectivity index (χ3v) is 5.14. The summed E-state index contributed by atoms with van der Waals surface area (Å²) < 4.78 is 1.02. The van der Waals surface area contributed by atoms with Crippen molar-refractivity contribution in [2.75, 3.05) is 39.3 Å². The lowest BCUT2D eigenvalue weighted by molar-refractivity contribution is 0.0227. The van der Waals surface area contributed by atoms with Crippen molar-refractivity contribution in [1.29, 1.82) is 0 Å². The van der Waals surface area contributed by atoms with Crippen LogP contribution in [0.5, 0.6) is 0 Å². The van der Waals surface area contributed by atoms with Crippen LogP contribution in [-0.4, -0.2) is 61.0 Å². The van der Waals surface area contributed by atoms with Gasteiger partial charge in [-0.2, -0.15) is 0 Å². The molecule has 0 saturated carbocycles. The number of hydrogen-bond donors (Lipinski definition) is 1. The molecular weight excluding hydrogens is 314 g/mol. The molecule has 0 atom stereocenters. The van der Waals surface area contributed by atoms with Gasteiger partial charge in [0.25, 0.3) is 5.91 Å². The third-order valence-electron chi connectivity index (χ3n) is 3.63. The van der Waals surface area contributed by atoms with E-state index in [0.29, 0.717) is 6.04 Å². The predicted molar refractivity (Wildman–Crippen MR) is 76.2 cm³/mol. The maximum Gasteiger partial charge on any atom is 0.254 e. The first-order chi connectivity index (χ1) is 8.74. The lowest BCUT2D eigenvalue weighted by Gasteiger charge is -2.46. The van der Waals surface area contributed by atoms with E-state index < -0.39 is 0 Å². The highest BCUT2D eigenvalue weighted by molar-refractivity contribution is 9.11. The first-order valence-electron chi connectivity index (χ1n) is 6.22. The summed E-state index contributed by atoms with van der Waals surface area (Å²) in [7, 11) is 0. The van der Waals surface area contributed by atoms with Crippen molar-refractivity contribution < 1.29 is 4.79 Å². The summed E-state index contributed by atoms with van der Waals surface area (Å²) >= 11 is 4.96. The molecule has 6 heteroatoms. The van der Waals surface area contributed by atoms with Crippen molar-refractivity contribution >= 4 is 33.2 Å². The van der Waals surface area contributed by atoms with Gasteiger partial charge in [0.05, 0.1) is 9.35 Å². The highest BCUT2D eigenvalue weighted by atomic mass is 79.9. The van der Waals surface area contributed by atoms with Gasteiger partial charge in [0.2, 0.25) is 0 Å². The van der Waals surface area contributed by atoms with E-state index in [2.05, 4.69) is 26.1 Å². The number of likely N-dealkylation sites (tertiary alicyclic amines) is 1. The van der Waals surface area contributed by atoms with Gasteiger partial charge in [-0.3, -0.25) is 9.69 Å². The summed E-state index contributed by atoms with van der Waals surface area (Å²) in [5.74, 6) is 0.170. The molecule has 0 aliphatic carbocycles. The van der Waals surface area contributed by atoms with Crippen molar-refractivity contribution in [1.82, 2.24) is 15.1 Å². The zero-order valence-electron chi connectivity index (χ0n) is 10.1. The normalized spacial score (nSPS) is 21.9. The molecule has 0 radical (unpaired) electrons. The lowest BCUT2D eigenvalue weighted by atomic mass is 10.1. The number of nitrogens with zero attached hydrogens (tertiary/aromatic N) is 2. The molecule has 1 amide bonds. The van der Waals surface area contributed by atoms with Crippen molar-refractivity contribution in [3.8, 4) is 0 Å². The summed E-state index contributed by atoms with van der Waals surface area (Å²) in [6, 6.07) is 2.48. The Balaban J connectivity index is 1.53. The first kappa shape index (κ1) is 12.6. The number of piperazine rings is 1. The molecule has 2 aliphatic rings. The van der Waals surface area contributed by atoms with E-state index in [0.717, 1.165) is 48.6 Å². The quantitative estimate of drug-likeness (QED) is 0.886. The van der Waals surface area contributed by atoms with Crippen LogP contribution in [0.15, 0.2) is 15.2 Å². The minimum atomic E-state index is 0.170. The Hall–Kier alpha value is -0.430. The van der Waals surface area contributed by atoms with Gasteiger partial charge >= 0.3 is 0 Å². The summed E-state index contributed by atoms with van der Waals surface area (Å²) in [5.41, 5.74) is 0.811. The minimum Gasteiger partial charge on any atom is -0.335 e. The molecule has 98 valence electrons. The Bertz CT molecular complexity index is 438. The molecule has 0 unspecified atom stereocenters. The monoisotopic (exact) mass is 329 g/mol. The number of hydrogen-bond acceptors (Lipinski definition) is 4. The van der Waals surface area contributed by atoms with Gasteiger partial charge in [-0.25, -0.2) is 0 Å². The third kappa shape index (κ3) is 2.47. The molecule has 3 rings (SSSR count). The second-order valence-corrected chi connectivity index (χ2v) is 7.08. The van der Waals surface area contributed by atoms with Crippen LogP contribution in [0.4, 0.5) is 0 Å². The maximum absolute atomic E-state index is 12.1. The summed E-state index contributed by atoms with van der Waals surface area (Å²) in [6.45, 7) is 6.12. The van der Waals surface area contributed by atoms with Gasteiger partial charge in [-0.15, -0.1) is 11.3 Å². The van der Waals surface area contributed by atoms with Crippen LogP contribution in [0.25, 0.3) is 0 Å². The molecule has 3 heterocycles. The number of carbonyl (C=O) groups excluding carboxylic acids is 1. The van der Waals surface area contributed by atoms with E-state index in [4.69, 9.17) is 0 Å². The fraction of sp³-hybridized carbons (Fsp3) is 0.583. The number of carbonyl (C=O) groups is 1. The molecule has 2 fully saturated rings. The van der Waals surface area contributed by atoms with Crippen LogP contribution in [0.2, 0.25) is 0 Å². The van der Waals surface area contributed by atoms with Gasteiger partial charge in [0.15, 0.2) is 0 Å². The number of amides is 1. The van der Waals surface area contributed by atoms with Crippen molar-refractivity contribution in [2.45, 2.75) is 6.04 Å². The fourth-order valence-corrected chi connectivity index (χ4v) is 3.63. The van der Waals surface area contributed by atoms with Crippen molar-refractivity contribution in [2.24, 2.45) is 0 Å². The molecule has 18 heavy (non-hydrogen) atoms. The van der Waals surface area contributed by atoms with Crippen LogP contribution in [0.1, 0.15) is 10.4 Å². The largest absolute Gasteiger partial charge is 0.335 e. The molecule has 1 aromatic rings. The summed E-state index contributed by atoms with van der Waals surface area (Å²) in [5, 5.41) is 5.28. The van der Waals surface area contributed by atoms with Gasteiger partial charge in [-0.1, -0.05) is 0 Å². The Morgan fingerprint density at radius 2 is 2.11 bits per heavy atom. The zero-order chi connectivity index (χ0) is 12.5. The van der Waals surface area contributed by atoms with Crippen LogP contribution < -0.4 is 5.32 Å². The van der Waals surface area contributed by atoms with Crippen LogP contribution >= 0.6 is 27.3 Å². The molecule has 2 aliphatic heterocycles. The number of halogens is 1. The van der Waals surface area contributed by atoms with E-state index in [1.54, 1.807) is 11.3 Å². The highest BCUT2D eigenvalue weighted by Gasteiger charge is 2.35. The Morgan fingerprint density at radius 3 is 2.72 bits per heavy atom. The smallest absolute Gasteiger partial charge is 0.254 e. The van der Waals surface area contributed by atoms with Crippen LogP contribution in [-0.2, 0) is 0 Å². The fourth-order valence-electron chi connectivity index (χ4n) is 2.50. The molecule has 0 aromatic carbocycles. The van der Waals surface area contributed by atoms with Crippen molar-refractivity contribution in [3.63, 3.8) is 0 Å². The van der Waals surface area contributed by atoms with Crippen LogP contribution in [0.3, 0.4) is 0 Å². The second kappa shape index (κ2) is 5.28. The summed E-state index contributed by atoms with van der Waals surface area (Å²) in [6.07, 6.45) is 0. The molecular formula is C12H16BrN3OS. The number of nitrogens with one attached hydrogen (secondary N) is 1. The predicted octanol–water partition coefficient (Wildman–Crippen LogP) is 1.24. The van der Waals surface area contributed by atoms with Gasteiger partial charge < -0.3 is 10.2 Å². The topological polar surface area (TPSA) is 35.6 Å². The minimum absolute atomic E-state index is 0.170. The zero-order valence-corrected chi connectivity index (χ0v) is 12.5. The van der Waals surface area contributed by atoms with E-state index in [9.17, 15) is 4.79 Å². The molecule has 4 nitrogen and oxygen atoms in total. The van der Waals surface area contributed by atoms with Crippen molar-refractivity contribution in [3.05, 3.63) is 20.8 Å². The average molecular weight is 330 g/mol. The second-order valence-electron chi connectivity index (χ2n) is 4.79. The Morgan fingerprint density at radius 1 is 1.39 bits per heavy atom. The molecule has 2 saturated heterocycles. The SMILES string of the molecule is O=C(c1csc(Br)c1)N1CC(N2CCNCC2)C1. The average Bonchev–Trinajstić information content (AvgIpc) is 2.75. The van der Waals surface area contributed by atoms with Gasteiger partial charge in [0.1, 0.15) is 0 Å².